The van der Waals surface area contributed by atoms with E-state index < -0.39 is 0 Å². The summed E-state index contributed by atoms with van der Waals surface area (Å²) >= 11 is 0. The lowest BCUT2D eigenvalue weighted by Gasteiger charge is -2.26. The molecule has 1 N–H and O–H groups in total. The number of nitrogens with zero attached hydrogens (tertiary/aromatic N) is 5. The highest BCUT2D eigenvalue weighted by Gasteiger charge is 2.15. The molecule has 0 bridgehead atoms. The Balaban J connectivity index is 1.75. The van der Waals surface area contributed by atoms with Crippen LogP contribution in [-0.4, -0.2) is 59.5 Å². The molecule has 0 spiro atoms. The molecule has 0 atom stereocenters. The van der Waals surface area contributed by atoms with Crippen LogP contribution in [0.15, 0.2) is 11.3 Å². The summed E-state index contributed by atoms with van der Waals surface area (Å²) in [5, 5.41) is 7.39. The van der Waals surface area contributed by atoms with Crippen LogP contribution >= 0.6 is 0 Å². The largest absolute Gasteiger partial charge is 0.381 e. The molecule has 21 heavy (non-hydrogen) atoms. The van der Waals surface area contributed by atoms with Gasteiger partial charge in [0.2, 0.25) is 0 Å². The predicted molar refractivity (Wildman–Crippen MR) is 82.0 cm³/mol. The van der Waals surface area contributed by atoms with Gasteiger partial charge in [-0.15, -0.1) is 0 Å². The van der Waals surface area contributed by atoms with Crippen molar-refractivity contribution in [2.24, 2.45) is 18.0 Å². The van der Waals surface area contributed by atoms with Crippen molar-refractivity contribution in [1.82, 2.24) is 25.0 Å². The molecular weight excluding hydrogens is 268 g/mol. The Hall–Kier alpha value is -1.63. The molecule has 0 aliphatic carbocycles. The first-order valence-electron chi connectivity index (χ1n) is 7.53. The molecule has 0 aromatic carbocycles. The number of hydrogen-bond acceptors (Lipinski definition) is 4. The van der Waals surface area contributed by atoms with Gasteiger partial charge in [0.05, 0.1) is 6.54 Å². The number of hydrogen-bond donors (Lipinski definition) is 1. The van der Waals surface area contributed by atoms with Crippen LogP contribution in [0.4, 0.5) is 0 Å². The first kappa shape index (κ1) is 15.8. The van der Waals surface area contributed by atoms with Crippen molar-refractivity contribution in [3.8, 4) is 0 Å². The third-order valence-corrected chi connectivity index (χ3v) is 4.00. The van der Waals surface area contributed by atoms with Gasteiger partial charge in [0.1, 0.15) is 12.2 Å². The zero-order valence-corrected chi connectivity index (χ0v) is 13.2. The maximum Gasteiger partial charge on any atom is 0.193 e. The molecule has 0 saturated carbocycles. The quantitative estimate of drug-likeness (QED) is 0.637. The van der Waals surface area contributed by atoms with Crippen LogP contribution in [0, 0.1) is 5.92 Å². The van der Waals surface area contributed by atoms with E-state index in [1.54, 1.807) is 11.0 Å². The van der Waals surface area contributed by atoms with Crippen molar-refractivity contribution in [3.05, 3.63) is 12.2 Å². The number of aryl methyl sites for hydroxylation is 1. The molecule has 2 rings (SSSR count). The van der Waals surface area contributed by atoms with E-state index in [-0.39, 0.29) is 0 Å². The van der Waals surface area contributed by atoms with E-state index in [0.29, 0.717) is 6.54 Å². The topological polar surface area (TPSA) is 67.6 Å². The minimum absolute atomic E-state index is 0.630. The number of aliphatic imine (C=N–C) groups is 1. The zero-order valence-electron chi connectivity index (χ0n) is 13.2. The molecular formula is C14H26N6O. The molecule has 1 saturated heterocycles. The van der Waals surface area contributed by atoms with Gasteiger partial charge in [-0.3, -0.25) is 9.67 Å². The summed E-state index contributed by atoms with van der Waals surface area (Å²) in [6, 6.07) is 0. The van der Waals surface area contributed by atoms with Gasteiger partial charge in [-0.1, -0.05) is 0 Å². The second kappa shape index (κ2) is 7.97. The Morgan fingerprint density at radius 1 is 1.52 bits per heavy atom. The van der Waals surface area contributed by atoms with Crippen molar-refractivity contribution in [2.45, 2.75) is 25.8 Å². The Bertz CT molecular complexity index is 452. The molecule has 1 fully saturated rings. The molecule has 7 heteroatoms. The van der Waals surface area contributed by atoms with Crippen molar-refractivity contribution in [3.63, 3.8) is 0 Å². The van der Waals surface area contributed by atoms with E-state index in [9.17, 15) is 0 Å². The summed E-state index contributed by atoms with van der Waals surface area (Å²) in [6.45, 7) is 3.45. The number of nitrogens with one attached hydrogen (secondary N) is 1. The third kappa shape index (κ3) is 4.70. The molecule has 0 unspecified atom stereocenters. The minimum Gasteiger partial charge on any atom is -0.381 e. The lowest BCUT2D eigenvalue weighted by molar-refractivity contribution is 0.0625. The van der Waals surface area contributed by atoms with Crippen LogP contribution in [0.5, 0.6) is 0 Å². The smallest absolute Gasteiger partial charge is 0.193 e. The van der Waals surface area contributed by atoms with E-state index in [4.69, 9.17) is 4.74 Å². The highest BCUT2D eigenvalue weighted by atomic mass is 16.5. The van der Waals surface area contributed by atoms with Crippen molar-refractivity contribution in [2.75, 3.05) is 33.9 Å². The number of ether oxygens (including phenoxy) is 1. The monoisotopic (exact) mass is 294 g/mol. The van der Waals surface area contributed by atoms with E-state index in [1.807, 2.05) is 14.1 Å². The lowest BCUT2D eigenvalue weighted by Crippen LogP contribution is -2.40. The van der Waals surface area contributed by atoms with Crippen LogP contribution in [0.1, 0.15) is 25.1 Å². The summed E-state index contributed by atoms with van der Waals surface area (Å²) in [6.07, 6.45) is 5.11. The van der Waals surface area contributed by atoms with Crippen LogP contribution < -0.4 is 5.32 Å². The average Bonchev–Trinajstić information content (AvgIpc) is 2.92. The first-order chi connectivity index (χ1) is 10.2. The fourth-order valence-electron chi connectivity index (χ4n) is 2.54. The molecule has 1 aromatic rings. The Morgan fingerprint density at radius 3 is 2.90 bits per heavy atom. The molecule has 1 aliphatic heterocycles. The highest BCUT2D eigenvalue weighted by molar-refractivity contribution is 5.79. The van der Waals surface area contributed by atoms with Crippen LogP contribution in [0.25, 0.3) is 0 Å². The van der Waals surface area contributed by atoms with Crippen molar-refractivity contribution >= 4 is 5.96 Å². The molecule has 0 radical (unpaired) electrons. The maximum atomic E-state index is 5.40. The number of aromatic nitrogens is 3. The van der Waals surface area contributed by atoms with Gasteiger partial charge in [-0.25, -0.2) is 4.98 Å². The molecule has 0 amide bonds. The molecule has 118 valence electrons. The first-order valence-corrected chi connectivity index (χ1v) is 7.53. The normalized spacial score (nSPS) is 17.0. The maximum absolute atomic E-state index is 5.40. The standard InChI is InChI=1S/C14H26N6O/c1-15-14(16-10-13-17-11-18-20(13)3)19(2)7-4-12-5-8-21-9-6-12/h11-12H,4-10H2,1-3H3,(H,15,16). The van der Waals surface area contributed by atoms with Crippen molar-refractivity contribution in [1.29, 1.82) is 0 Å². The summed E-state index contributed by atoms with van der Waals surface area (Å²) in [5.74, 6) is 2.57. The SMILES string of the molecule is CN=C(NCc1ncnn1C)N(C)CCC1CCOCC1. The van der Waals surface area contributed by atoms with Crippen LogP contribution in [0.3, 0.4) is 0 Å². The zero-order chi connectivity index (χ0) is 15.1. The van der Waals surface area contributed by atoms with Gasteiger partial charge < -0.3 is 15.0 Å². The van der Waals surface area contributed by atoms with E-state index in [2.05, 4.69) is 32.3 Å². The summed E-state index contributed by atoms with van der Waals surface area (Å²) in [4.78, 5) is 10.7. The Kier molecular flexibility index (Phi) is 5.98. The van der Waals surface area contributed by atoms with Gasteiger partial charge in [0.25, 0.3) is 0 Å². The number of guanidine groups is 1. The second-order valence-corrected chi connectivity index (χ2v) is 5.47. The van der Waals surface area contributed by atoms with Crippen LogP contribution in [0.2, 0.25) is 0 Å². The number of rotatable bonds is 5. The van der Waals surface area contributed by atoms with Gasteiger partial charge in [0, 0.05) is 40.9 Å². The van der Waals surface area contributed by atoms with E-state index in [0.717, 1.165) is 37.5 Å². The fourth-order valence-corrected chi connectivity index (χ4v) is 2.54. The van der Waals surface area contributed by atoms with E-state index >= 15 is 0 Å². The summed E-state index contributed by atoms with van der Waals surface area (Å²) in [7, 11) is 5.77. The van der Waals surface area contributed by atoms with Gasteiger partial charge >= 0.3 is 0 Å². The molecule has 1 aliphatic rings. The average molecular weight is 294 g/mol. The second-order valence-electron chi connectivity index (χ2n) is 5.47. The summed E-state index contributed by atoms with van der Waals surface area (Å²) < 4.78 is 7.17. The van der Waals surface area contributed by atoms with Gasteiger partial charge in [0.15, 0.2) is 5.96 Å². The fraction of sp³-hybridized carbons (Fsp3) is 0.786. The minimum atomic E-state index is 0.630. The van der Waals surface area contributed by atoms with Crippen LogP contribution in [-0.2, 0) is 18.3 Å². The molecule has 2 heterocycles. The Labute approximate surface area is 126 Å². The Morgan fingerprint density at radius 2 is 2.29 bits per heavy atom. The lowest BCUT2D eigenvalue weighted by atomic mass is 9.96. The van der Waals surface area contributed by atoms with Gasteiger partial charge in [-0.2, -0.15) is 5.10 Å². The van der Waals surface area contributed by atoms with E-state index in [1.165, 1.54) is 19.3 Å². The summed E-state index contributed by atoms with van der Waals surface area (Å²) in [5.41, 5.74) is 0. The molecule has 1 aromatic heterocycles. The van der Waals surface area contributed by atoms with Gasteiger partial charge in [-0.05, 0) is 25.2 Å². The van der Waals surface area contributed by atoms with Crippen molar-refractivity contribution < 1.29 is 4.74 Å². The highest BCUT2D eigenvalue weighted by Crippen LogP contribution is 2.18. The predicted octanol–water partition coefficient (Wildman–Crippen LogP) is 0.639. The molecule has 7 nitrogen and oxygen atoms in total. The third-order valence-electron chi connectivity index (χ3n) is 4.00.